The first-order chi connectivity index (χ1) is 9.72. The van der Waals surface area contributed by atoms with Gasteiger partial charge in [0.2, 0.25) is 0 Å². The molecule has 1 aromatic carbocycles. The minimum Gasteiger partial charge on any atom is -0.504 e. The minimum atomic E-state index is 0.172. The number of nitrogens with one attached hydrogen (secondary N) is 1. The fraction of sp³-hybridized carbons (Fsp3) is 0.600. The molecule has 1 heterocycles. The Bertz CT molecular complexity index is 426. The number of hydrogen-bond donors (Lipinski definition) is 2. The lowest BCUT2D eigenvalue weighted by atomic mass is 10.2. The molecule has 1 unspecified atom stereocenters. The van der Waals surface area contributed by atoms with Crippen molar-refractivity contribution in [1.82, 2.24) is 10.2 Å². The summed E-state index contributed by atoms with van der Waals surface area (Å²) >= 11 is 0. The largest absolute Gasteiger partial charge is 0.504 e. The van der Waals surface area contributed by atoms with E-state index in [-0.39, 0.29) is 11.9 Å². The monoisotopic (exact) mass is 280 g/mol. The lowest BCUT2D eigenvalue weighted by molar-refractivity contribution is -0.0253. The van der Waals surface area contributed by atoms with E-state index in [0.29, 0.717) is 5.75 Å². The van der Waals surface area contributed by atoms with E-state index >= 15 is 0 Å². The number of rotatable bonds is 6. The molecule has 0 saturated carbocycles. The van der Waals surface area contributed by atoms with Crippen LogP contribution in [0.5, 0.6) is 11.5 Å². The second-order valence-electron chi connectivity index (χ2n) is 5.02. The number of methoxy groups -OCH3 is 1. The summed E-state index contributed by atoms with van der Waals surface area (Å²) in [6.45, 7) is 7.66. The first kappa shape index (κ1) is 15.1. The van der Waals surface area contributed by atoms with Gasteiger partial charge in [0.1, 0.15) is 0 Å². The molecule has 2 N–H and O–H groups in total. The van der Waals surface area contributed by atoms with Gasteiger partial charge >= 0.3 is 0 Å². The van der Waals surface area contributed by atoms with Crippen LogP contribution in [0.1, 0.15) is 12.5 Å². The molecule has 0 aliphatic carbocycles. The summed E-state index contributed by atoms with van der Waals surface area (Å²) < 4.78 is 10.8. The average Bonchev–Trinajstić information content (AvgIpc) is 2.49. The lowest BCUT2D eigenvalue weighted by Crippen LogP contribution is -2.46. The summed E-state index contributed by atoms with van der Waals surface area (Å²) in [5, 5.41) is 12.9. The van der Waals surface area contributed by atoms with Gasteiger partial charge in [0.25, 0.3) is 0 Å². The molecule has 0 spiro atoms. The maximum atomic E-state index is 9.55. The predicted octanol–water partition coefficient (Wildman–Crippen LogP) is 1.21. The molecule has 1 atom stereocenters. The van der Waals surface area contributed by atoms with Crippen molar-refractivity contribution >= 4 is 0 Å². The second-order valence-corrected chi connectivity index (χ2v) is 5.02. The molecule has 1 aliphatic rings. The van der Waals surface area contributed by atoms with Crippen LogP contribution in [0.25, 0.3) is 0 Å². The highest BCUT2D eigenvalue weighted by molar-refractivity contribution is 5.41. The summed E-state index contributed by atoms with van der Waals surface area (Å²) in [5.41, 5.74) is 1.09. The van der Waals surface area contributed by atoms with Crippen LogP contribution in [0.15, 0.2) is 18.2 Å². The third kappa shape index (κ3) is 4.10. The SMILES string of the molecule is CCN1CCOC(CNCc2ccc(O)c(OC)c2)C1. The molecular weight excluding hydrogens is 256 g/mol. The predicted molar refractivity (Wildman–Crippen MR) is 78.2 cm³/mol. The molecule has 1 aromatic rings. The highest BCUT2D eigenvalue weighted by atomic mass is 16.5. The van der Waals surface area contributed by atoms with Gasteiger partial charge in [-0.3, -0.25) is 4.90 Å². The smallest absolute Gasteiger partial charge is 0.160 e. The highest BCUT2D eigenvalue weighted by Crippen LogP contribution is 2.26. The second kappa shape index (κ2) is 7.47. The van der Waals surface area contributed by atoms with Crippen LogP contribution in [0, 0.1) is 0 Å². The lowest BCUT2D eigenvalue weighted by Gasteiger charge is -2.32. The third-order valence-electron chi connectivity index (χ3n) is 3.62. The van der Waals surface area contributed by atoms with Gasteiger partial charge in [-0.05, 0) is 24.2 Å². The molecule has 0 bridgehead atoms. The average molecular weight is 280 g/mol. The van der Waals surface area contributed by atoms with E-state index in [0.717, 1.165) is 44.9 Å². The van der Waals surface area contributed by atoms with E-state index in [1.165, 1.54) is 0 Å². The molecule has 1 saturated heterocycles. The number of nitrogens with zero attached hydrogens (tertiary/aromatic N) is 1. The van der Waals surface area contributed by atoms with Gasteiger partial charge in [0, 0.05) is 26.2 Å². The summed E-state index contributed by atoms with van der Waals surface area (Å²) in [6, 6.07) is 5.40. The van der Waals surface area contributed by atoms with Crippen LogP contribution in [0.2, 0.25) is 0 Å². The number of phenolic OH excluding ortho intramolecular Hbond substituents is 1. The summed E-state index contributed by atoms with van der Waals surface area (Å²) in [5.74, 6) is 0.681. The van der Waals surface area contributed by atoms with Crippen LogP contribution < -0.4 is 10.1 Å². The standard InChI is InChI=1S/C15H24N2O3/c1-3-17-6-7-20-13(11-17)10-16-9-12-4-5-14(18)15(8-12)19-2/h4-5,8,13,16,18H,3,6-7,9-11H2,1-2H3. The zero-order valence-corrected chi connectivity index (χ0v) is 12.3. The Labute approximate surface area is 120 Å². The number of hydrogen-bond acceptors (Lipinski definition) is 5. The van der Waals surface area contributed by atoms with E-state index in [1.54, 1.807) is 13.2 Å². The molecule has 1 aliphatic heterocycles. The molecule has 5 heteroatoms. The first-order valence-electron chi connectivity index (χ1n) is 7.13. The van der Waals surface area contributed by atoms with Gasteiger partial charge in [-0.1, -0.05) is 13.0 Å². The first-order valence-corrected chi connectivity index (χ1v) is 7.13. The summed E-state index contributed by atoms with van der Waals surface area (Å²) in [4.78, 5) is 2.40. The zero-order chi connectivity index (χ0) is 14.4. The molecule has 0 radical (unpaired) electrons. The van der Waals surface area contributed by atoms with Crippen LogP contribution in [0.4, 0.5) is 0 Å². The number of aromatic hydroxyl groups is 1. The van der Waals surface area contributed by atoms with E-state index in [9.17, 15) is 5.11 Å². The maximum Gasteiger partial charge on any atom is 0.160 e. The van der Waals surface area contributed by atoms with Gasteiger partial charge < -0.3 is 19.9 Å². The van der Waals surface area contributed by atoms with Crippen molar-refractivity contribution in [3.63, 3.8) is 0 Å². The molecular formula is C15H24N2O3. The Morgan fingerprint density at radius 3 is 3.10 bits per heavy atom. The number of morpholine rings is 1. The Morgan fingerprint density at radius 1 is 1.50 bits per heavy atom. The molecule has 0 amide bonds. The zero-order valence-electron chi connectivity index (χ0n) is 12.3. The molecule has 112 valence electrons. The fourth-order valence-corrected chi connectivity index (χ4v) is 2.40. The molecule has 1 fully saturated rings. The fourth-order valence-electron chi connectivity index (χ4n) is 2.40. The minimum absolute atomic E-state index is 0.172. The van der Waals surface area contributed by atoms with Crippen LogP contribution >= 0.6 is 0 Å². The molecule has 0 aromatic heterocycles. The van der Waals surface area contributed by atoms with Crippen molar-refractivity contribution in [2.45, 2.75) is 19.6 Å². The Kier molecular flexibility index (Phi) is 5.64. The van der Waals surface area contributed by atoms with Crippen LogP contribution in [0.3, 0.4) is 0 Å². The number of benzene rings is 1. The number of ether oxygens (including phenoxy) is 2. The topological polar surface area (TPSA) is 54.0 Å². The molecule has 5 nitrogen and oxygen atoms in total. The quantitative estimate of drug-likeness (QED) is 0.820. The normalized spacial score (nSPS) is 20.0. The third-order valence-corrected chi connectivity index (χ3v) is 3.62. The van der Waals surface area contributed by atoms with Crippen molar-refractivity contribution < 1.29 is 14.6 Å². The van der Waals surface area contributed by atoms with E-state index in [2.05, 4.69) is 17.1 Å². The van der Waals surface area contributed by atoms with Crippen molar-refractivity contribution in [2.24, 2.45) is 0 Å². The van der Waals surface area contributed by atoms with Gasteiger partial charge in [0.05, 0.1) is 19.8 Å². The van der Waals surface area contributed by atoms with E-state index in [4.69, 9.17) is 9.47 Å². The van der Waals surface area contributed by atoms with Crippen molar-refractivity contribution in [1.29, 1.82) is 0 Å². The van der Waals surface area contributed by atoms with Crippen molar-refractivity contribution in [3.8, 4) is 11.5 Å². The Hall–Kier alpha value is -1.30. The van der Waals surface area contributed by atoms with Crippen LogP contribution in [-0.4, -0.2) is 56.0 Å². The number of likely N-dealkylation sites (N-methyl/N-ethyl adjacent to an activating group) is 1. The van der Waals surface area contributed by atoms with E-state index in [1.807, 2.05) is 12.1 Å². The number of phenols is 1. The van der Waals surface area contributed by atoms with Crippen molar-refractivity contribution in [3.05, 3.63) is 23.8 Å². The molecule has 2 rings (SSSR count). The summed E-state index contributed by atoms with van der Waals surface area (Å²) in [6.07, 6.45) is 0.253. The molecule has 20 heavy (non-hydrogen) atoms. The van der Waals surface area contributed by atoms with Gasteiger partial charge in [0.15, 0.2) is 11.5 Å². The van der Waals surface area contributed by atoms with Gasteiger partial charge in [-0.15, -0.1) is 0 Å². The van der Waals surface area contributed by atoms with Crippen LogP contribution in [-0.2, 0) is 11.3 Å². The van der Waals surface area contributed by atoms with Crippen molar-refractivity contribution in [2.75, 3.05) is 39.9 Å². The van der Waals surface area contributed by atoms with E-state index < -0.39 is 0 Å². The Balaban J connectivity index is 1.78. The highest BCUT2D eigenvalue weighted by Gasteiger charge is 2.18. The summed E-state index contributed by atoms with van der Waals surface area (Å²) in [7, 11) is 1.56. The van der Waals surface area contributed by atoms with Gasteiger partial charge in [-0.25, -0.2) is 0 Å². The van der Waals surface area contributed by atoms with Gasteiger partial charge in [-0.2, -0.15) is 0 Å². The maximum absolute atomic E-state index is 9.55. The Morgan fingerprint density at radius 2 is 2.35 bits per heavy atom.